The van der Waals surface area contributed by atoms with E-state index in [4.69, 9.17) is 11.6 Å². The first kappa shape index (κ1) is 12.9. The Morgan fingerprint density at radius 1 is 1.53 bits per heavy atom. The molecule has 1 aromatic rings. The van der Waals surface area contributed by atoms with Gasteiger partial charge in [-0.2, -0.15) is 0 Å². The molecule has 2 heterocycles. The Balaban J connectivity index is 2.01. The molecular formula is C11H16ClN3OS. The Labute approximate surface area is 109 Å². The van der Waals surface area contributed by atoms with E-state index in [9.17, 15) is 4.21 Å². The summed E-state index contributed by atoms with van der Waals surface area (Å²) in [5.41, 5.74) is 0.814. The first-order valence-corrected chi connectivity index (χ1v) is 7.44. The van der Waals surface area contributed by atoms with Gasteiger partial charge < -0.3 is 5.32 Å². The van der Waals surface area contributed by atoms with Crippen LogP contribution in [0, 0.1) is 12.8 Å². The maximum atomic E-state index is 12.1. The molecule has 94 valence electrons. The van der Waals surface area contributed by atoms with Crippen molar-refractivity contribution in [3.63, 3.8) is 0 Å². The van der Waals surface area contributed by atoms with Gasteiger partial charge in [-0.1, -0.05) is 11.6 Å². The van der Waals surface area contributed by atoms with Gasteiger partial charge in [0.15, 0.2) is 0 Å². The van der Waals surface area contributed by atoms with Crippen LogP contribution in [0.15, 0.2) is 11.4 Å². The predicted octanol–water partition coefficient (Wildman–Crippen LogP) is 1.55. The van der Waals surface area contributed by atoms with Gasteiger partial charge in [0.1, 0.15) is 5.15 Å². The maximum Gasteiger partial charge on any atom is 0.219 e. The van der Waals surface area contributed by atoms with E-state index in [1.54, 1.807) is 6.20 Å². The third-order valence-corrected chi connectivity index (χ3v) is 4.70. The van der Waals surface area contributed by atoms with Crippen molar-refractivity contribution in [1.29, 1.82) is 0 Å². The van der Waals surface area contributed by atoms with Crippen LogP contribution in [0.5, 0.6) is 0 Å². The molecule has 1 aliphatic rings. The van der Waals surface area contributed by atoms with Crippen LogP contribution in [-0.2, 0) is 10.8 Å². The van der Waals surface area contributed by atoms with Gasteiger partial charge >= 0.3 is 0 Å². The van der Waals surface area contributed by atoms with E-state index in [1.807, 2.05) is 6.92 Å². The molecule has 0 saturated carbocycles. The fourth-order valence-corrected chi connectivity index (χ4v) is 3.31. The summed E-state index contributed by atoms with van der Waals surface area (Å²) in [7, 11) is -1.13. The average molecular weight is 274 g/mol. The van der Waals surface area contributed by atoms with Crippen LogP contribution in [-0.4, -0.2) is 33.0 Å². The number of aromatic nitrogens is 2. The Morgan fingerprint density at radius 2 is 2.24 bits per heavy atom. The molecule has 1 unspecified atom stereocenters. The monoisotopic (exact) mass is 273 g/mol. The quantitative estimate of drug-likeness (QED) is 0.671. The van der Waals surface area contributed by atoms with Crippen molar-refractivity contribution in [2.24, 2.45) is 5.92 Å². The Kier molecular flexibility index (Phi) is 4.48. The van der Waals surface area contributed by atoms with Crippen molar-refractivity contribution < 1.29 is 4.21 Å². The zero-order valence-electron chi connectivity index (χ0n) is 9.78. The second-order valence-electron chi connectivity index (χ2n) is 4.33. The molecule has 1 aromatic heterocycles. The van der Waals surface area contributed by atoms with Gasteiger partial charge in [0.25, 0.3) is 0 Å². The number of aryl methyl sites for hydroxylation is 1. The number of halogens is 1. The van der Waals surface area contributed by atoms with Crippen LogP contribution in [0.25, 0.3) is 0 Å². The van der Waals surface area contributed by atoms with Gasteiger partial charge in [-0.3, -0.25) is 4.21 Å². The van der Waals surface area contributed by atoms with E-state index in [-0.39, 0.29) is 0 Å². The van der Waals surface area contributed by atoms with Crippen LogP contribution < -0.4 is 5.32 Å². The van der Waals surface area contributed by atoms with E-state index in [2.05, 4.69) is 15.3 Å². The normalized spacial score (nSPS) is 19.2. The van der Waals surface area contributed by atoms with Gasteiger partial charge in [0, 0.05) is 17.5 Å². The van der Waals surface area contributed by atoms with Gasteiger partial charge in [-0.05, 0) is 38.8 Å². The summed E-state index contributed by atoms with van der Waals surface area (Å²) in [6, 6.07) is 0. The highest BCUT2D eigenvalue weighted by Gasteiger charge is 2.18. The molecule has 1 fully saturated rings. The largest absolute Gasteiger partial charge is 0.317 e. The standard InChI is InChI=1S/C11H16ClN3OS/c1-8-6-14-11(15-10(8)12)17(16)7-9-2-4-13-5-3-9/h6,9,13H,2-5,7H2,1H3. The van der Waals surface area contributed by atoms with Crippen molar-refractivity contribution in [2.45, 2.75) is 24.9 Å². The first-order valence-electron chi connectivity index (χ1n) is 5.75. The summed E-state index contributed by atoms with van der Waals surface area (Å²) in [5, 5.41) is 4.05. The van der Waals surface area contributed by atoms with Crippen LogP contribution in [0.1, 0.15) is 18.4 Å². The lowest BCUT2D eigenvalue weighted by molar-refractivity contribution is 0.405. The number of nitrogens with one attached hydrogen (secondary N) is 1. The molecule has 2 rings (SSSR count). The highest BCUT2D eigenvalue weighted by molar-refractivity contribution is 7.84. The zero-order chi connectivity index (χ0) is 12.3. The molecule has 1 aliphatic heterocycles. The average Bonchev–Trinajstić information content (AvgIpc) is 2.34. The molecule has 0 aliphatic carbocycles. The molecule has 1 atom stereocenters. The molecule has 17 heavy (non-hydrogen) atoms. The lowest BCUT2D eigenvalue weighted by atomic mass is 10.0. The van der Waals surface area contributed by atoms with Crippen molar-refractivity contribution in [1.82, 2.24) is 15.3 Å². The summed E-state index contributed by atoms with van der Waals surface area (Å²) in [6.07, 6.45) is 3.78. The molecule has 1 N–H and O–H groups in total. The minimum atomic E-state index is -1.13. The van der Waals surface area contributed by atoms with Gasteiger partial charge in [0.05, 0.1) is 10.8 Å². The molecule has 0 radical (unpaired) electrons. The fraction of sp³-hybridized carbons (Fsp3) is 0.636. The lowest BCUT2D eigenvalue weighted by Crippen LogP contribution is -2.30. The Bertz CT molecular complexity index is 421. The highest BCUT2D eigenvalue weighted by Crippen LogP contribution is 2.17. The predicted molar refractivity (Wildman–Crippen MR) is 68.6 cm³/mol. The van der Waals surface area contributed by atoms with Crippen LogP contribution in [0.2, 0.25) is 5.15 Å². The maximum absolute atomic E-state index is 12.1. The van der Waals surface area contributed by atoms with Crippen molar-refractivity contribution >= 4 is 22.4 Å². The summed E-state index contributed by atoms with van der Waals surface area (Å²) in [5.74, 6) is 1.14. The molecule has 4 nitrogen and oxygen atoms in total. The summed E-state index contributed by atoms with van der Waals surface area (Å²) >= 11 is 5.91. The first-order chi connectivity index (χ1) is 8.16. The van der Waals surface area contributed by atoms with E-state index in [1.165, 1.54) is 0 Å². The van der Waals surface area contributed by atoms with Crippen molar-refractivity contribution in [2.75, 3.05) is 18.8 Å². The fourth-order valence-electron chi connectivity index (χ4n) is 1.85. The van der Waals surface area contributed by atoms with Gasteiger partial charge in [-0.25, -0.2) is 9.97 Å². The van der Waals surface area contributed by atoms with Crippen molar-refractivity contribution in [3.8, 4) is 0 Å². The number of hydrogen-bond acceptors (Lipinski definition) is 4. The number of piperidine rings is 1. The van der Waals surface area contributed by atoms with Gasteiger partial charge in [0.2, 0.25) is 5.16 Å². The number of hydrogen-bond donors (Lipinski definition) is 1. The molecule has 0 bridgehead atoms. The summed E-state index contributed by atoms with van der Waals surface area (Å²) in [6.45, 7) is 3.86. The van der Waals surface area contributed by atoms with Crippen LogP contribution >= 0.6 is 11.6 Å². The van der Waals surface area contributed by atoms with E-state index >= 15 is 0 Å². The summed E-state index contributed by atoms with van der Waals surface area (Å²) in [4.78, 5) is 8.17. The highest BCUT2D eigenvalue weighted by atomic mass is 35.5. The third-order valence-electron chi connectivity index (χ3n) is 2.94. The SMILES string of the molecule is Cc1cnc(S(=O)CC2CCNCC2)nc1Cl. The molecule has 6 heteroatoms. The minimum absolute atomic E-state index is 0.360. The minimum Gasteiger partial charge on any atom is -0.317 e. The van der Waals surface area contributed by atoms with E-state index in [0.717, 1.165) is 31.5 Å². The van der Waals surface area contributed by atoms with Crippen LogP contribution in [0.4, 0.5) is 0 Å². The van der Waals surface area contributed by atoms with E-state index in [0.29, 0.717) is 22.0 Å². The smallest absolute Gasteiger partial charge is 0.219 e. The summed E-state index contributed by atoms with van der Waals surface area (Å²) < 4.78 is 12.1. The molecule has 0 aromatic carbocycles. The molecule has 0 amide bonds. The number of nitrogens with zero attached hydrogens (tertiary/aromatic N) is 2. The second-order valence-corrected chi connectivity index (χ2v) is 6.08. The molecular weight excluding hydrogens is 258 g/mol. The Hall–Kier alpha value is -0.520. The number of rotatable bonds is 3. The van der Waals surface area contributed by atoms with Crippen LogP contribution in [0.3, 0.4) is 0 Å². The second kappa shape index (κ2) is 5.89. The third kappa shape index (κ3) is 3.47. The molecule has 1 saturated heterocycles. The molecule has 0 spiro atoms. The Morgan fingerprint density at radius 3 is 2.88 bits per heavy atom. The van der Waals surface area contributed by atoms with E-state index < -0.39 is 10.8 Å². The van der Waals surface area contributed by atoms with Gasteiger partial charge in [-0.15, -0.1) is 0 Å². The zero-order valence-corrected chi connectivity index (χ0v) is 11.4. The van der Waals surface area contributed by atoms with Crippen molar-refractivity contribution in [3.05, 3.63) is 16.9 Å². The lowest BCUT2D eigenvalue weighted by Gasteiger charge is -2.21. The topological polar surface area (TPSA) is 54.9 Å².